The van der Waals surface area contributed by atoms with E-state index in [0.717, 1.165) is 27.8 Å². The van der Waals surface area contributed by atoms with E-state index in [1.54, 1.807) is 12.1 Å². The lowest BCUT2D eigenvalue weighted by Gasteiger charge is -2.26. The zero-order chi connectivity index (χ0) is 22.7. The van der Waals surface area contributed by atoms with Gasteiger partial charge in [0.2, 0.25) is 0 Å². The summed E-state index contributed by atoms with van der Waals surface area (Å²) in [5.41, 5.74) is 2.61. The summed E-state index contributed by atoms with van der Waals surface area (Å²) in [5.74, 6) is 0.331. The molecule has 0 aliphatic carbocycles. The van der Waals surface area contributed by atoms with Gasteiger partial charge in [-0.2, -0.15) is 8.78 Å². The molecule has 1 aromatic heterocycles. The topological polar surface area (TPSA) is 23.4 Å². The third-order valence-electron chi connectivity index (χ3n) is 5.39. The van der Waals surface area contributed by atoms with Crippen molar-refractivity contribution in [3.63, 3.8) is 0 Å². The van der Waals surface area contributed by atoms with Crippen LogP contribution in [0.5, 0.6) is 5.75 Å². The first-order valence-electron chi connectivity index (χ1n) is 10.3. The van der Waals surface area contributed by atoms with Crippen LogP contribution in [0.25, 0.3) is 16.6 Å². The maximum atomic E-state index is 13.6. The van der Waals surface area contributed by atoms with E-state index in [0.29, 0.717) is 12.4 Å². The van der Waals surface area contributed by atoms with E-state index in [1.807, 2.05) is 73.0 Å². The second-order valence-electron chi connectivity index (χ2n) is 8.26. The van der Waals surface area contributed by atoms with Gasteiger partial charge in [0.1, 0.15) is 18.2 Å². The summed E-state index contributed by atoms with van der Waals surface area (Å²) in [5, 5.41) is 0.841. The number of aromatic nitrogens is 1. The van der Waals surface area contributed by atoms with Crippen LogP contribution in [0.15, 0.2) is 78.9 Å². The second-order valence-corrected chi connectivity index (χ2v) is 8.26. The summed E-state index contributed by atoms with van der Waals surface area (Å²) in [6, 6.07) is 23.6. The van der Waals surface area contributed by atoms with Crippen LogP contribution in [0.1, 0.15) is 25.1 Å². The molecular formula is C26H24F3NO2. The van der Waals surface area contributed by atoms with Crippen LogP contribution in [0.3, 0.4) is 0 Å². The molecule has 166 valence electrons. The molecule has 4 aromatic rings. The quantitative estimate of drug-likeness (QED) is 0.299. The zero-order valence-corrected chi connectivity index (χ0v) is 17.9. The fourth-order valence-corrected chi connectivity index (χ4v) is 3.78. The molecule has 1 heterocycles. The van der Waals surface area contributed by atoms with Gasteiger partial charge in [-0.05, 0) is 48.0 Å². The molecule has 0 spiro atoms. The van der Waals surface area contributed by atoms with Crippen molar-refractivity contribution in [3.05, 3.63) is 95.9 Å². The highest BCUT2D eigenvalue weighted by molar-refractivity contribution is 5.89. The van der Waals surface area contributed by atoms with Crippen LogP contribution < -0.4 is 4.74 Å². The first kappa shape index (κ1) is 22.0. The van der Waals surface area contributed by atoms with E-state index in [1.165, 1.54) is 12.1 Å². The minimum atomic E-state index is -2.86. The number of hydrogen-bond acceptors (Lipinski definition) is 2. The fourth-order valence-electron chi connectivity index (χ4n) is 3.78. The van der Waals surface area contributed by atoms with Gasteiger partial charge in [-0.1, -0.05) is 50.2 Å². The highest BCUT2D eigenvalue weighted by atomic mass is 19.3. The van der Waals surface area contributed by atoms with Crippen molar-refractivity contribution in [2.24, 2.45) is 0 Å². The number of rotatable bonds is 8. The van der Waals surface area contributed by atoms with Gasteiger partial charge in [0, 0.05) is 22.2 Å². The van der Waals surface area contributed by atoms with Crippen molar-refractivity contribution in [1.29, 1.82) is 0 Å². The molecule has 0 atom stereocenters. The van der Waals surface area contributed by atoms with Gasteiger partial charge < -0.3 is 14.0 Å². The molecule has 32 heavy (non-hydrogen) atoms. The van der Waals surface area contributed by atoms with E-state index in [4.69, 9.17) is 4.74 Å². The second kappa shape index (κ2) is 9.09. The lowest BCUT2D eigenvalue weighted by Crippen LogP contribution is -2.28. The number of benzene rings is 3. The predicted molar refractivity (Wildman–Crippen MR) is 119 cm³/mol. The van der Waals surface area contributed by atoms with E-state index in [2.05, 4.69) is 4.74 Å². The first-order chi connectivity index (χ1) is 15.3. The molecule has 0 aliphatic heterocycles. The third kappa shape index (κ3) is 4.65. The zero-order valence-electron chi connectivity index (χ0n) is 17.9. The minimum Gasteiger partial charge on any atom is -0.488 e. The van der Waals surface area contributed by atoms with Crippen LogP contribution in [0, 0.1) is 5.82 Å². The Balaban J connectivity index is 1.81. The molecule has 0 amide bonds. The Bertz CT molecular complexity index is 1190. The minimum absolute atomic E-state index is 0.178. The smallest absolute Gasteiger partial charge is 0.345 e. The van der Waals surface area contributed by atoms with Crippen molar-refractivity contribution >= 4 is 10.9 Å². The summed E-state index contributed by atoms with van der Waals surface area (Å²) in [7, 11) is 0. The monoisotopic (exact) mass is 439 g/mol. The van der Waals surface area contributed by atoms with Gasteiger partial charge in [0.05, 0.1) is 12.1 Å². The molecule has 0 unspecified atom stereocenters. The van der Waals surface area contributed by atoms with Gasteiger partial charge >= 0.3 is 6.61 Å². The van der Waals surface area contributed by atoms with Crippen molar-refractivity contribution in [2.75, 3.05) is 6.61 Å². The highest BCUT2D eigenvalue weighted by Gasteiger charge is 2.29. The van der Waals surface area contributed by atoms with E-state index in [-0.39, 0.29) is 12.4 Å². The number of fused-ring (bicyclic) bond motifs is 1. The standard InChI is InChI=1S/C26H24F3NO2/c1-26(2,17-32-25(28)29)24-15-21-22(30(24)20-13-11-19(27)12-14-20)9-6-10-23(21)31-16-18-7-4-3-5-8-18/h3-15,25H,16-17H2,1-2H3. The molecule has 3 nitrogen and oxygen atoms in total. The fraction of sp³-hybridized carbons (Fsp3) is 0.231. The molecule has 0 N–H and O–H groups in total. The Kier molecular flexibility index (Phi) is 6.24. The number of ether oxygens (including phenoxy) is 2. The Labute approximate surface area is 185 Å². The number of alkyl halides is 2. The predicted octanol–water partition coefficient (Wildman–Crippen LogP) is 6.87. The normalized spacial score (nSPS) is 11.9. The van der Waals surface area contributed by atoms with Crippen LogP contribution in [-0.2, 0) is 16.8 Å². The number of hydrogen-bond donors (Lipinski definition) is 0. The van der Waals surface area contributed by atoms with Gasteiger partial charge in [-0.15, -0.1) is 0 Å². The van der Waals surface area contributed by atoms with Crippen LogP contribution in [-0.4, -0.2) is 17.8 Å². The Morgan fingerprint density at radius 1 is 0.906 bits per heavy atom. The Morgan fingerprint density at radius 2 is 1.62 bits per heavy atom. The summed E-state index contributed by atoms with van der Waals surface area (Å²) in [6.45, 7) is 1.04. The average molecular weight is 439 g/mol. The largest absolute Gasteiger partial charge is 0.488 e. The maximum absolute atomic E-state index is 13.6. The molecule has 0 saturated carbocycles. The summed E-state index contributed by atoms with van der Waals surface area (Å²) in [4.78, 5) is 0. The molecule has 0 radical (unpaired) electrons. The molecule has 0 saturated heterocycles. The number of nitrogens with zero attached hydrogens (tertiary/aromatic N) is 1. The lowest BCUT2D eigenvalue weighted by molar-refractivity contribution is -0.139. The van der Waals surface area contributed by atoms with E-state index < -0.39 is 12.0 Å². The van der Waals surface area contributed by atoms with Crippen molar-refractivity contribution < 1.29 is 22.6 Å². The molecule has 0 bridgehead atoms. The summed E-state index contributed by atoms with van der Waals surface area (Å²) >= 11 is 0. The molecule has 6 heteroatoms. The SMILES string of the molecule is CC(C)(COC(F)F)c1cc2c(OCc3ccccc3)cccc2n1-c1ccc(F)cc1. The van der Waals surface area contributed by atoms with E-state index >= 15 is 0 Å². The molecular weight excluding hydrogens is 415 g/mol. The average Bonchev–Trinajstić information content (AvgIpc) is 3.19. The van der Waals surface area contributed by atoms with Crippen LogP contribution >= 0.6 is 0 Å². The van der Waals surface area contributed by atoms with Gasteiger partial charge in [-0.3, -0.25) is 0 Å². The van der Waals surface area contributed by atoms with Crippen molar-refractivity contribution in [1.82, 2.24) is 4.57 Å². The van der Waals surface area contributed by atoms with Crippen LogP contribution in [0.4, 0.5) is 13.2 Å². The Morgan fingerprint density at radius 3 is 2.31 bits per heavy atom. The summed E-state index contributed by atoms with van der Waals surface area (Å²) < 4.78 is 51.9. The lowest BCUT2D eigenvalue weighted by atomic mass is 9.90. The molecule has 3 aromatic carbocycles. The highest BCUT2D eigenvalue weighted by Crippen LogP contribution is 2.37. The van der Waals surface area contributed by atoms with Gasteiger partial charge in [0.15, 0.2) is 0 Å². The van der Waals surface area contributed by atoms with Gasteiger partial charge in [-0.25, -0.2) is 4.39 Å². The van der Waals surface area contributed by atoms with Crippen LogP contribution in [0.2, 0.25) is 0 Å². The maximum Gasteiger partial charge on any atom is 0.345 e. The number of halogens is 3. The van der Waals surface area contributed by atoms with Crippen molar-refractivity contribution in [2.45, 2.75) is 32.5 Å². The molecule has 4 rings (SSSR count). The third-order valence-corrected chi connectivity index (χ3v) is 5.39. The summed E-state index contributed by atoms with van der Waals surface area (Å²) in [6.07, 6.45) is 0. The first-order valence-corrected chi connectivity index (χ1v) is 10.3. The molecule has 0 aliphatic rings. The molecule has 0 fully saturated rings. The van der Waals surface area contributed by atoms with E-state index in [9.17, 15) is 13.2 Å². The van der Waals surface area contributed by atoms with Gasteiger partial charge in [0.25, 0.3) is 0 Å². The van der Waals surface area contributed by atoms with Crippen molar-refractivity contribution in [3.8, 4) is 11.4 Å². The Hall–Kier alpha value is -3.25.